The highest BCUT2D eigenvalue weighted by atomic mass is 16.3. The zero-order valence-corrected chi connectivity index (χ0v) is 10.8. The van der Waals surface area contributed by atoms with E-state index in [-0.39, 0.29) is 6.61 Å². The maximum absolute atomic E-state index is 9.20. The van der Waals surface area contributed by atoms with Gasteiger partial charge in [-0.2, -0.15) is 0 Å². The predicted molar refractivity (Wildman–Crippen MR) is 77.8 cm³/mol. The van der Waals surface area contributed by atoms with E-state index in [0.717, 1.165) is 33.3 Å². The van der Waals surface area contributed by atoms with Gasteiger partial charge in [0.05, 0.1) is 12.1 Å². The molecule has 3 rings (SSSR count). The van der Waals surface area contributed by atoms with E-state index in [1.165, 1.54) is 0 Å². The highest BCUT2D eigenvalue weighted by Crippen LogP contribution is 2.24. The molecule has 0 atom stereocenters. The van der Waals surface area contributed by atoms with Gasteiger partial charge < -0.3 is 5.11 Å². The van der Waals surface area contributed by atoms with Gasteiger partial charge in [0.1, 0.15) is 0 Å². The lowest BCUT2D eigenvalue weighted by atomic mass is 10.0. The van der Waals surface area contributed by atoms with Crippen LogP contribution >= 0.6 is 0 Å². The van der Waals surface area contributed by atoms with Crippen LogP contribution in [-0.4, -0.2) is 10.1 Å². The zero-order valence-electron chi connectivity index (χ0n) is 10.8. The summed E-state index contributed by atoms with van der Waals surface area (Å²) in [6.07, 6.45) is 0. The Kier molecular flexibility index (Phi) is 3.02. The summed E-state index contributed by atoms with van der Waals surface area (Å²) >= 11 is 0. The molecule has 0 unspecified atom stereocenters. The fourth-order valence-electron chi connectivity index (χ4n) is 2.25. The third-order valence-corrected chi connectivity index (χ3v) is 3.27. The number of fused-ring (bicyclic) bond motifs is 1. The summed E-state index contributed by atoms with van der Waals surface area (Å²) in [6.45, 7) is 2.07. The second-order valence-corrected chi connectivity index (χ2v) is 4.72. The smallest absolute Gasteiger partial charge is 0.0711 e. The molecule has 2 aromatic carbocycles. The van der Waals surface area contributed by atoms with Crippen molar-refractivity contribution in [3.05, 3.63) is 65.9 Å². The Morgan fingerprint density at radius 2 is 1.74 bits per heavy atom. The van der Waals surface area contributed by atoms with Crippen molar-refractivity contribution in [3.8, 4) is 11.1 Å². The largest absolute Gasteiger partial charge is 0.392 e. The van der Waals surface area contributed by atoms with Gasteiger partial charge in [-0.25, -0.2) is 0 Å². The van der Waals surface area contributed by atoms with Crippen molar-refractivity contribution < 1.29 is 5.11 Å². The maximum Gasteiger partial charge on any atom is 0.0711 e. The molecule has 2 heteroatoms. The second-order valence-electron chi connectivity index (χ2n) is 4.72. The summed E-state index contributed by atoms with van der Waals surface area (Å²) in [6, 6.07) is 18.3. The highest BCUT2D eigenvalue weighted by Gasteiger charge is 2.02. The first kappa shape index (κ1) is 11.9. The molecule has 0 bridgehead atoms. The molecule has 0 fully saturated rings. The van der Waals surface area contributed by atoms with E-state index in [4.69, 9.17) is 0 Å². The summed E-state index contributed by atoms with van der Waals surface area (Å²) in [5.41, 5.74) is 5.19. The van der Waals surface area contributed by atoms with Crippen LogP contribution in [0.25, 0.3) is 22.0 Å². The predicted octanol–water partition coefficient (Wildman–Crippen LogP) is 3.70. The molecule has 0 spiro atoms. The summed E-state index contributed by atoms with van der Waals surface area (Å²) in [4.78, 5) is 4.56. The lowest BCUT2D eigenvalue weighted by Crippen LogP contribution is -1.86. The fourth-order valence-corrected chi connectivity index (χ4v) is 2.25. The summed E-state index contributed by atoms with van der Waals surface area (Å²) < 4.78 is 0. The van der Waals surface area contributed by atoms with Crippen molar-refractivity contribution in [2.45, 2.75) is 13.5 Å². The van der Waals surface area contributed by atoms with Gasteiger partial charge in [-0.15, -0.1) is 0 Å². The number of aliphatic hydroxyl groups excluding tert-OH is 1. The Hall–Kier alpha value is -2.19. The third kappa shape index (κ3) is 2.35. The Labute approximate surface area is 112 Å². The van der Waals surface area contributed by atoms with Crippen LogP contribution in [0.4, 0.5) is 0 Å². The Morgan fingerprint density at radius 3 is 2.58 bits per heavy atom. The number of aromatic nitrogens is 1. The van der Waals surface area contributed by atoms with Crippen molar-refractivity contribution in [1.29, 1.82) is 0 Å². The molecule has 2 nitrogen and oxygen atoms in total. The molecule has 0 saturated carbocycles. The lowest BCUT2D eigenvalue weighted by molar-refractivity contribution is 0.282. The molecule has 0 amide bonds. The number of benzene rings is 2. The van der Waals surface area contributed by atoms with E-state index in [0.29, 0.717) is 0 Å². The van der Waals surface area contributed by atoms with Gasteiger partial charge in [0.15, 0.2) is 0 Å². The molecule has 0 saturated heterocycles. The van der Waals surface area contributed by atoms with Crippen molar-refractivity contribution in [3.63, 3.8) is 0 Å². The van der Waals surface area contributed by atoms with Crippen LogP contribution in [0.1, 0.15) is 11.3 Å². The van der Waals surface area contributed by atoms with Crippen molar-refractivity contribution in [2.75, 3.05) is 0 Å². The Balaban J connectivity index is 2.13. The Bertz CT molecular complexity index is 734. The van der Waals surface area contributed by atoms with Crippen LogP contribution in [0.5, 0.6) is 0 Å². The topological polar surface area (TPSA) is 33.1 Å². The zero-order chi connectivity index (χ0) is 13.2. The SMILES string of the molecule is Cc1ccc2ccc(-c3cccc(CO)c3)cc2n1. The monoisotopic (exact) mass is 249 g/mol. The van der Waals surface area contributed by atoms with Gasteiger partial charge in [-0.3, -0.25) is 4.98 Å². The van der Waals surface area contributed by atoms with Crippen LogP contribution in [-0.2, 0) is 6.61 Å². The normalized spacial score (nSPS) is 10.8. The van der Waals surface area contributed by atoms with Gasteiger partial charge in [0.25, 0.3) is 0 Å². The Morgan fingerprint density at radius 1 is 0.947 bits per heavy atom. The molecular weight excluding hydrogens is 234 g/mol. The molecule has 19 heavy (non-hydrogen) atoms. The first-order valence-electron chi connectivity index (χ1n) is 6.34. The number of hydrogen-bond acceptors (Lipinski definition) is 2. The minimum atomic E-state index is 0.0682. The van der Waals surface area contributed by atoms with Gasteiger partial charge in [0, 0.05) is 11.1 Å². The molecule has 0 aliphatic heterocycles. The molecule has 0 aliphatic carbocycles. The van der Waals surface area contributed by atoms with Crippen LogP contribution in [0, 0.1) is 6.92 Å². The van der Waals surface area contributed by atoms with E-state index >= 15 is 0 Å². The molecule has 1 N–H and O–H groups in total. The quantitative estimate of drug-likeness (QED) is 0.751. The first-order valence-corrected chi connectivity index (χ1v) is 6.34. The molecule has 1 aromatic heterocycles. The maximum atomic E-state index is 9.20. The second kappa shape index (κ2) is 4.82. The van der Waals surface area contributed by atoms with Crippen LogP contribution in [0.3, 0.4) is 0 Å². The number of hydrogen-bond donors (Lipinski definition) is 1. The van der Waals surface area contributed by atoms with Crippen LogP contribution < -0.4 is 0 Å². The minimum absolute atomic E-state index is 0.0682. The summed E-state index contributed by atoms with van der Waals surface area (Å²) in [7, 11) is 0. The van der Waals surface area contributed by atoms with Crippen LogP contribution in [0.2, 0.25) is 0 Å². The lowest BCUT2D eigenvalue weighted by Gasteiger charge is -2.06. The number of aliphatic hydroxyl groups is 1. The van der Waals surface area contributed by atoms with Gasteiger partial charge in [-0.1, -0.05) is 36.4 Å². The molecule has 94 valence electrons. The van der Waals surface area contributed by atoms with Crippen molar-refractivity contribution >= 4 is 10.9 Å². The molecule has 1 heterocycles. The van der Waals surface area contributed by atoms with E-state index < -0.39 is 0 Å². The molecule has 3 aromatic rings. The molecular formula is C17H15NO. The highest BCUT2D eigenvalue weighted by molar-refractivity contribution is 5.84. The molecule has 0 radical (unpaired) electrons. The van der Waals surface area contributed by atoms with E-state index in [1.807, 2.05) is 31.2 Å². The van der Waals surface area contributed by atoms with E-state index in [1.54, 1.807) is 0 Å². The average molecular weight is 249 g/mol. The van der Waals surface area contributed by atoms with Gasteiger partial charge in [0.2, 0.25) is 0 Å². The standard InChI is InChI=1S/C17H15NO/c1-12-5-6-14-7-8-16(10-17(14)18-12)15-4-2-3-13(9-15)11-19/h2-10,19H,11H2,1H3. The fraction of sp³-hybridized carbons (Fsp3) is 0.118. The summed E-state index contributed by atoms with van der Waals surface area (Å²) in [5.74, 6) is 0. The number of aryl methyl sites for hydroxylation is 1. The minimum Gasteiger partial charge on any atom is -0.392 e. The first-order chi connectivity index (χ1) is 9.26. The van der Waals surface area contributed by atoms with Crippen molar-refractivity contribution in [1.82, 2.24) is 4.98 Å². The van der Waals surface area contributed by atoms with E-state index in [2.05, 4.69) is 35.3 Å². The number of rotatable bonds is 2. The average Bonchev–Trinajstić information content (AvgIpc) is 2.46. The summed E-state index contributed by atoms with van der Waals surface area (Å²) in [5, 5.41) is 10.4. The van der Waals surface area contributed by atoms with Crippen molar-refractivity contribution in [2.24, 2.45) is 0 Å². The molecule has 0 aliphatic rings. The van der Waals surface area contributed by atoms with Gasteiger partial charge in [-0.05, 0) is 41.8 Å². The number of nitrogens with zero attached hydrogens (tertiary/aromatic N) is 1. The third-order valence-electron chi connectivity index (χ3n) is 3.27. The number of pyridine rings is 1. The van der Waals surface area contributed by atoms with Gasteiger partial charge >= 0.3 is 0 Å². The van der Waals surface area contributed by atoms with Crippen LogP contribution in [0.15, 0.2) is 54.6 Å². The van der Waals surface area contributed by atoms with E-state index in [9.17, 15) is 5.11 Å².